The van der Waals surface area contributed by atoms with E-state index in [0.29, 0.717) is 12.5 Å². The van der Waals surface area contributed by atoms with Gasteiger partial charge in [-0.2, -0.15) is 0 Å². The van der Waals surface area contributed by atoms with Crippen LogP contribution in [0.2, 0.25) is 0 Å². The Morgan fingerprint density at radius 3 is 3.05 bits per heavy atom. The first-order valence-electron chi connectivity index (χ1n) is 7.33. The fraction of sp³-hybridized carbons (Fsp3) is 0.438. The Labute approximate surface area is 119 Å². The number of H-pyrrole nitrogens is 1. The Hall–Kier alpha value is -1.81. The molecule has 1 unspecified atom stereocenters. The highest BCUT2D eigenvalue weighted by atomic mass is 16.5. The van der Waals surface area contributed by atoms with E-state index in [4.69, 9.17) is 4.74 Å². The van der Waals surface area contributed by atoms with Crippen LogP contribution in [0.25, 0.3) is 11.3 Å². The quantitative estimate of drug-likeness (QED) is 0.879. The number of aromatic amines is 1. The molecule has 1 aliphatic heterocycles. The van der Waals surface area contributed by atoms with E-state index in [9.17, 15) is 0 Å². The molecule has 4 nitrogen and oxygen atoms in total. The maximum Gasteiger partial charge on any atom is 0.128 e. The number of nitrogens with one attached hydrogen (secondary N) is 2. The van der Waals surface area contributed by atoms with Gasteiger partial charge >= 0.3 is 0 Å². The zero-order valence-corrected chi connectivity index (χ0v) is 11.9. The first-order valence-corrected chi connectivity index (χ1v) is 7.33. The van der Waals surface area contributed by atoms with Crippen LogP contribution in [0, 0.1) is 5.92 Å². The van der Waals surface area contributed by atoms with E-state index in [1.54, 1.807) is 0 Å². The van der Waals surface area contributed by atoms with Gasteiger partial charge in [-0.1, -0.05) is 12.1 Å². The SMILES string of the molecule is CCOc1ccccc1-c1cnc(CC2CCNC2)[nH]1. The number of ether oxygens (including phenoxy) is 1. The third-order valence-electron chi connectivity index (χ3n) is 3.75. The highest BCUT2D eigenvalue weighted by Crippen LogP contribution is 2.28. The van der Waals surface area contributed by atoms with Gasteiger partial charge in [-0.15, -0.1) is 0 Å². The topological polar surface area (TPSA) is 49.9 Å². The van der Waals surface area contributed by atoms with Gasteiger partial charge in [0.05, 0.1) is 18.5 Å². The Bertz CT molecular complexity index is 558. The zero-order chi connectivity index (χ0) is 13.8. The summed E-state index contributed by atoms with van der Waals surface area (Å²) < 4.78 is 5.68. The molecule has 1 atom stereocenters. The number of imidazole rings is 1. The fourth-order valence-corrected chi connectivity index (χ4v) is 2.74. The Morgan fingerprint density at radius 1 is 1.35 bits per heavy atom. The van der Waals surface area contributed by atoms with E-state index in [-0.39, 0.29) is 0 Å². The minimum atomic E-state index is 0.672. The third kappa shape index (κ3) is 2.85. The van der Waals surface area contributed by atoms with Crippen LogP contribution >= 0.6 is 0 Å². The summed E-state index contributed by atoms with van der Waals surface area (Å²) in [6.07, 6.45) is 4.17. The minimum Gasteiger partial charge on any atom is -0.493 e. The first-order chi connectivity index (χ1) is 9.86. The molecule has 2 N–H and O–H groups in total. The molecule has 0 radical (unpaired) electrons. The van der Waals surface area contributed by atoms with Crippen molar-refractivity contribution in [1.29, 1.82) is 0 Å². The number of aromatic nitrogens is 2. The fourth-order valence-electron chi connectivity index (χ4n) is 2.74. The summed E-state index contributed by atoms with van der Waals surface area (Å²) in [5.41, 5.74) is 2.12. The molecule has 2 heterocycles. The summed E-state index contributed by atoms with van der Waals surface area (Å²) in [7, 11) is 0. The molecule has 1 saturated heterocycles. The average molecular weight is 271 g/mol. The molecule has 3 rings (SSSR count). The lowest BCUT2D eigenvalue weighted by molar-refractivity contribution is 0.341. The Kier molecular flexibility index (Phi) is 4.02. The van der Waals surface area contributed by atoms with Crippen molar-refractivity contribution in [3.05, 3.63) is 36.3 Å². The average Bonchev–Trinajstić information content (AvgIpc) is 3.12. The molecule has 1 aliphatic rings. The van der Waals surface area contributed by atoms with Gasteiger partial charge in [0.2, 0.25) is 0 Å². The molecule has 1 aromatic carbocycles. The van der Waals surface area contributed by atoms with Gasteiger partial charge in [0.1, 0.15) is 11.6 Å². The normalized spacial score (nSPS) is 18.4. The third-order valence-corrected chi connectivity index (χ3v) is 3.75. The van der Waals surface area contributed by atoms with Gasteiger partial charge < -0.3 is 15.0 Å². The number of benzene rings is 1. The van der Waals surface area contributed by atoms with Gasteiger partial charge in [0, 0.05) is 12.0 Å². The molecular weight excluding hydrogens is 250 g/mol. The van der Waals surface area contributed by atoms with Gasteiger partial charge in [-0.25, -0.2) is 4.98 Å². The van der Waals surface area contributed by atoms with Crippen LogP contribution in [0.3, 0.4) is 0 Å². The number of rotatable bonds is 5. The van der Waals surface area contributed by atoms with Crippen molar-refractivity contribution in [2.45, 2.75) is 19.8 Å². The molecule has 1 aromatic heterocycles. The van der Waals surface area contributed by atoms with E-state index >= 15 is 0 Å². The van der Waals surface area contributed by atoms with Crippen molar-refractivity contribution in [2.24, 2.45) is 5.92 Å². The standard InChI is InChI=1S/C16H21N3O/c1-2-20-15-6-4-3-5-13(15)14-11-18-16(19-14)9-12-7-8-17-10-12/h3-6,11-12,17H,2,7-10H2,1H3,(H,18,19). The molecule has 0 amide bonds. The van der Waals surface area contributed by atoms with Gasteiger partial charge in [0.15, 0.2) is 0 Å². The summed E-state index contributed by atoms with van der Waals surface area (Å²) >= 11 is 0. The van der Waals surface area contributed by atoms with Crippen LogP contribution in [-0.4, -0.2) is 29.7 Å². The van der Waals surface area contributed by atoms with Gasteiger partial charge in [0.25, 0.3) is 0 Å². The number of nitrogens with zero attached hydrogens (tertiary/aromatic N) is 1. The summed E-state index contributed by atoms with van der Waals surface area (Å²) in [4.78, 5) is 7.95. The van der Waals surface area contributed by atoms with Gasteiger partial charge in [-0.3, -0.25) is 0 Å². The summed E-state index contributed by atoms with van der Waals surface area (Å²) in [5.74, 6) is 2.68. The van der Waals surface area contributed by atoms with E-state index in [2.05, 4.69) is 21.4 Å². The second-order valence-electron chi connectivity index (χ2n) is 5.24. The maximum atomic E-state index is 5.68. The molecule has 4 heteroatoms. The lowest BCUT2D eigenvalue weighted by atomic mass is 10.1. The largest absolute Gasteiger partial charge is 0.493 e. The lowest BCUT2D eigenvalue weighted by Crippen LogP contribution is -2.11. The molecule has 0 aliphatic carbocycles. The van der Waals surface area contributed by atoms with Crippen LogP contribution in [0.4, 0.5) is 0 Å². The number of hydrogen-bond donors (Lipinski definition) is 2. The van der Waals surface area contributed by atoms with Crippen molar-refractivity contribution in [3.8, 4) is 17.0 Å². The molecule has 0 spiro atoms. The van der Waals surface area contributed by atoms with E-state index in [1.165, 1.54) is 6.42 Å². The van der Waals surface area contributed by atoms with Crippen LogP contribution < -0.4 is 10.1 Å². The first kappa shape index (κ1) is 13.2. The monoisotopic (exact) mass is 271 g/mol. The number of hydrogen-bond acceptors (Lipinski definition) is 3. The molecule has 0 saturated carbocycles. The van der Waals surface area contributed by atoms with Crippen LogP contribution in [0.15, 0.2) is 30.5 Å². The summed E-state index contributed by atoms with van der Waals surface area (Å²) in [6, 6.07) is 8.09. The summed E-state index contributed by atoms with van der Waals surface area (Å²) in [6.45, 7) is 4.91. The Balaban J connectivity index is 1.78. The maximum absolute atomic E-state index is 5.68. The van der Waals surface area contributed by atoms with Gasteiger partial charge in [-0.05, 0) is 44.5 Å². The van der Waals surface area contributed by atoms with Crippen molar-refractivity contribution in [3.63, 3.8) is 0 Å². The second kappa shape index (κ2) is 6.09. The Morgan fingerprint density at radius 2 is 2.25 bits per heavy atom. The van der Waals surface area contributed by atoms with Crippen molar-refractivity contribution >= 4 is 0 Å². The smallest absolute Gasteiger partial charge is 0.128 e. The molecule has 20 heavy (non-hydrogen) atoms. The van der Waals surface area contributed by atoms with Crippen LogP contribution in [0.5, 0.6) is 5.75 Å². The molecule has 2 aromatic rings. The molecule has 106 valence electrons. The van der Waals surface area contributed by atoms with Crippen LogP contribution in [-0.2, 0) is 6.42 Å². The molecular formula is C16H21N3O. The highest BCUT2D eigenvalue weighted by Gasteiger charge is 2.17. The van der Waals surface area contributed by atoms with Crippen molar-refractivity contribution in [2.75, 3.05) is 19.7 Å². The molecule has 0 bridgehead atoms. The molecule has 1 fully saturated rings. The number of para-hydroxylation sites is 1. The van der Waals surface area contributed by atoms with E-state index in [1.807, 2.05) is 31.3 Å². The highest BCUT2D eigenvalue weighted by molar-refractivity contribution is 5.66. The van der Waals surface area contributed by atoms with Crippen molar-refractivity contribution < 1.29 is 4.74 Å². The van der Waals surface area contributed by atoms with E-state index in [0.717, 1.165) is 42.3 Å². The second-order valence-corrected chi connectivity index (χ2v) is 5.24. The minimum absolute atomic E-state index is 0.672. The predicted octanol–water partition coefficient (Wildman–Crippen LogP) is 2.63. The lowest BCUT2D eigenvalue weighted by Gasteiger charge is -2.08. The summed E-state index contributed by atoms with van der Waals surface area (Å²) in [5, 5.41) is 3.40. The van der Waals surface area contributed by atoms with Crippen molar-refractivity contribution in [1.82, 2.24) is 15.3 Å². The van der Waals surface area contributed by atoms with Crippen LogP contribution in [0.1, 0.15) is 19.2 Å². The van der Waals surface area contributed by atoms with E-state index < -0.39 is 0 Å². The predicted molar refractivity (Wildman–Crippen MR) is 79.9 cm³/mol. The zero-order valence-electron chi connectivity index (χ0n) is 11.9.